The monoisotopic (exact) mass is 513 g/mol. The van der Waals surface area contributed by atoms with E-state index in [1.54, 1.807) is 23.7 Å². The molecule has 2 aromatic heterocycles. The minimum atomic E-state index is -0.213. The van der Waals surface area contributed by atoms with Gasteiger partial charge in [-0.3, -0.25) is 9.79 Å². The Balaban J connectivity index is 1.13. The summed E-state index contributed by atoms with van der Waals surface area (Å²) in [5, 5.41) is 0. The summed E-state index contributed by atoms with van der Waals surface area (Å²) in [5.74, 6) is 1.52. The first-order valence-corrected chi connectivity index (χ1v) is 13.5. The number of hydrogen-bond donors (Lipinski definition) is 1. The van der Waals surface area contributed by atoms with Gasteiger partial charge in [0.15, 0.2) is 5.84 Å². The lowest BCUT2D eigenvalue weighted by Crippen LogP contribution is -2.45. The predicted molar refractivity (Wildman–Crippen MR) is 145 cm³/mol. The summed E-state index contributed by atoms with van der Waals surface area (Å²) < 4.78 is 15.5. The molecule has 0 saturated carbocycles. The van der Waals surface area contributed by atoms with E-state index in [1.165, 1.54) is 5.56 Å². The molecule has 8 nitrogen and oxygen atoms in total. The molecule has 5 heterocycles. The van der Waals surface area contributed by atoms with E-state index in [1.807, 2.05) is 25.3 Å². The maximum atomic E-state index is 13.9. The molecular formula is C29H32FN7O. The number of halogens is 1. The highest BCUT2D eigenvalue weighted by Crippen LogP contribution is 2.51. The Morgan fingerprint density at radius 3 is 2.76 bits per heavy atom. The average molecular weight is 514 g/mol. The molecule has 1 atom stereocenters. The molecule has 1 aromatic carbocycles. The number of rotatable bonds is 1. The van der Waals surface area contributed by atoms with Crippen LogP contribution in [0.25, 0.3) is 0 Å². The van der Waals surface area contributed by atoms with Crippen LogP contribution >= 0.6 is 0 Å². The first kappa shape index (κ1) is 23.5. The lowest BCUT2D eigenvalue weighted by Gasteiger charge is -2.43. The summed E-state index contributed by atoms with van der Waals surface area (Å²) in [6, 6.07) is 6.94. The number of aromatic nitrogens is 3. The largest absolute Gasteiger partial charge is 0.355 e. The molecule has 4 aliphatic rings. The number of aryl methyl sites for hydroxylation is 2. The van der Waals surface area contributed by atoms with E-state index in [4.69, 9.17) is 20.7 Å². The van der Waals surface area contributed by atoms with Crippen LogP contribution in [0.15, 0.2) is 40.2 Å². The van der Waals surface area contributed by atoms with Gasteiger partial charge in [-0.05, 0) is 73.8 Å². The molecule has 1 aliphatic carbocycles. The number of nitrogens with two attached hydrogens (primary N) is 1. The number of benzene rings is 1. The number of fused-ring (bicyclic) bond motifs is 3. The second-order valence-electron chi connectivity index (χ2n) is 11.3. The maximum absolute atomic E-state index is 13.9. The van der Waals surface area contributed by atoms with Crippen molar-refractivity contribution in [1.82, 2.24) is 14.5 Å². The van der Waals surface area contributed by atoms with Crippen LogP contribution in [0.3, 0.4) is 0 Å². The predicted octanol–water partition coefficient (Wildman–Crippen LogP) is 3.18. The van der Waals surface area contributed by atoms with E-state index in [0.717, 1.165) is 97.3 Å². The van der Waals surface area contributed by atoms with E-state index in [0.29, 0.717) is 6.54 Å². The Bertz CT molecular complexity index is 1550. The summed E-state index contributed by atoms with van der Waals surface area (Å²) in [6.07, 6.45) is 6.28. The first-order chi connectivity index (χ1) is 18.3. The van der Waals surface area contributed by atoms with Crippen molar-refractivity contribution in [2.75, 3.05) is 29.4 Å². The number of hydrogen-bond acceptors (Lipinski definition) is 7. The van der Waals surface area contributed by atoms with Crippen LogP contribution in [0, 0.1) is 18.2 Å². The third kappa shape index (κ3) is 3.44. The Morgan fingerprint density at radius 2 is 1.95 bits per heavy atom. The molecule has 2 N–H and O–H groups in total. The fourth-order valence-electron chi connectivity index (χ4n) is 6.97. The molecule has 0 radical (unpaired) electrons. The van der Waals surface area contributed by atoms with Crippen molar-refractivity contribution in [2.45, 2.75) is 51.6 Å². The molecule has 9 heteroatoms. The third-order valence-corrected chi connectivity index (χ3v) is 9.11. The van der Waals surface area contributed by atoms with E-state index < -0.39 is 0 Å². The fraction of sp³-hybridized carbons (Fsp3) is 0.448. The van der Waals surface area contributed by atoms with Gasteiger partial charge in [-0.25, -0.2) is 14.4 Å². The van der Waals surface area contributed by atoms with Gasteiger partial charge in [0.1, 0.15) is 17.3 Å². The normalized spacial score (nSPS) is 21.4. The SMILES string of the molecule is Cc1nc2c(nc1N1CCC3(CC1)Cc1ccc(F)cc1[C@H]3N)CN=C2N1CCCc2c1ccn(C)c2=O. The quantitative estimate of drug-likeness (QED) is 0.537. The summed E-state index contributed by atoms with van der Waals surface area (Å²) in [5.41, 5.74) is 13.2. The van der Waals surface area contributed by atoms with E-state index in [2.05, 4.69) is 9.80 Å². The van der Waals surface area contributed by atoms with Crippen LogP contribution < -0.4 is 21.1 Å². The zero-order valence-corrected chi connectivity index (χ0v) is 21.9. The highest BCUT2D eigenvalue weighted by molar-refractivity contribution is 6.11. The van der Waals surface area contributed by atoms with Crippen molar-refractivity contribution in [3.8, 4) is 0 Å². The zero-order valence-electron chi connectivity index (χ0n) is 21.9. The molecule has 196 valence electrons. The lowest BCUT2D eigenvalue weighted by atomic mass is 9.73. The summed E-state index contributed by atoms with van der Waals surface area (Å²) in [4.78, 5) is 32.1. The van der Waals surface area contributed by atoms with Crippen molar-refractivity contribution in [3.05, 3.63) is 80.4 Å². The van der Waals surface area contributed by atoms with Crippen LogP contribution in [0.1, 0.15) is 59.1 Å². The summed E-state index contributed by atoms with van der Waals surface area (Å²) in [6.45, 7) is 5.00. The number of amidine groups is 1. The summed E-state index contributed by atoms with van der Waals surface area (Å²) in [7, 11) is 1.79. The van der Waals surface area contributed by atoms with E-state index in [-0.39, 0.29) is 22.8 Å². The van der Waals surface area contributed by atoms with Crippen molar-refractivity contribution >= 4 is 17.3 Å². The smallest absolute Gasteiger partial charge is 0.255 e. The number of nitrogens with zero attached hydrogens (tertiary/aromatic N) is 6. The minimum absolute atomic E-state index is 0.0281. The second kappa shape index (κ2) is 8.46. The molecule has 0 unspecified atom stereocenters. The van der Waals surface area contributed by atoms with E-state index >= 15 is 0 Å². The van der Waals surface area contributed by atoms with Gasteiger partial charge < -0.3 is 20.1 Å². The van der Waals surface area contributed by atoms with Crippen molar-refractivity contribution in [1.29, 1.82) is 0 Å². The molecule has 38 heavy (non-hydrogen) atoms. The van der Waals surface area contributed by atoms with Crippen molar-refractivity contribution < 1.29 is 4.39 Å². The molecule has 3 aliphatic heterocycles. The molecule has 0 bridgehead atoms. The third-order valence-electron chi connectivity index (χ3n) is 9.11. The Labute approximate surface area is 221 Å². The Kier molecular flexibility index (Phi) is 5.24. The van der Waals surface area contributed by atoms with Crippen LogP contribution in [-0.4, -0.2) is 40.0 Å². The average Bonchev–Trinajstić information content (AvgIpc) is 3.44. The maximum Gasteiger partial charge on any atom is 0.255 e. The second-order valence-corrected chi connectivity index (χ2v) is 11.3. The number of piperidine rings is 1. The molecule has 1 fully saturated rings. The molecule has 1 saturated heterocycles. The van der Waals surface area contributed by atoms with Gasteiger partial charge >= 0.3 is 0 Å². The van der Waals surface area contributed by atoms with Crippen molar-refractivity contribution in [2.24, 2.45) is 23.2 Å². The first-order valence-electron chi connectivity index (χ1n) is 13.5. The zero-order chi connectivity index (χ0) is 26.2. The van der Waals surface area contributed by atoms with Crippen LogP contribution in [0.2, 0.25) is 0 Å². The van der Waals surface area contributed by atoms with Crippen LogP contribution in [-0.2, 0) is 26.4 Å². The highest BCUT2D eigenvalue weighted by atomic mass is 19.1. The molecule has 0 amide bonds. The van der Waals surface area contributed by atoms with Crippen LogP contribution in [0.4, 0.5) is 15.9 Å². The van der Waals surface area contributed by atoms with Gasteiger partial charge in [-0.2, -0.15) is 0 Å². The van der Waals surface area contributed by atoms with Crippen LogP contribution in [0.5, 0.6) is 0 Å². The van der Waals surface area contributed by atoms with Gasteiger partial charge in [0.05, 0.1) is 23.6 Å². The minimum Gasteiger partial charge on any atom is -0.355 e. The molecule has 1 spiro atoms. The molecular weight excluding hydrogens is 481 g/mol. The fourth-order valence-corrected chi connectivity index (χ4v) is 6.97. The van der Waals surface area contributed by atoms with Gasteiger partial charge in [0.2, 0.25) is 0 Å². The van der Waals surface area contributed by atoms with Gasteiger partial charge in [0, 0.05) is 44.5 Å². The number of aliphatic imine (C=N–C) groups is 1. The van der Waals surface area contributed by atoms with Gasteiger partial charge in [-0.1, -0.05) is 6.07 Å². The Morgan fingerprint density at radius 1 is 1.13 bits per heavy atom. The summed E-state index contributed by atoms with van der Waals surface area (Å²) >= 11 is 0. The topological polar surface area (TPSA) is 92.6 Å². The lowest BCUT2D eigenvalue weighted by molar-refractivity contribution is 0.187. The number of pyridine rings is 1. The highest BCUT2D eigenvalue weighted by Gasteiger charge is 2.46. The Hall–Kier alpha value is -3.59. The van der Waals surface area contributed by atoms with Gasteiger partial charge in [-0.15, -0.1) is 0 Å². The number of anilines is 2. The van der Waals surface area contributed by atoms with E-state index in [9.17, 15) is 9.18 Å². The van der Waals surface area contributed by atoms with Gasteiger partial charge in [0.25, 0.3) is 5.56 Å². The standard InChI is InChI=1S/C29H32FN7O/c1-17-26(36-12-8-29(9-13-36)15-18-5-6-19(30)14-21(18)25(29)31)34-22-16-32-27(24(22)33-17)37-10-3-4-20-23(37)7-11-35(2)28(20)38/h5-7,11,14,25H,3-4,8-10,12-13,15-16,31H2,1-2H3/t25-/m1/s1. The van der Waals surface area contributed by atoms with Crippen molar-refractivity contribution in [3.63, 3.8) is 0 Å². The molecule has 3 aromatic rings. The molecule has 7 rings (SSSR count).